The SMILES string of the molecule is CC(C)(C)[N]=[Nb].C[C-]=O.c1cc[cH-]c1. The quantitative estimate of drug-likeness (QED) is 0.527. The van der Waals surface area contributed by atoms with Crippen LogP contribution in [0.1, 0.15) is 27.7 Å². The van der Waals surface area contributed by atoms with E-state index in [0.29, 0.717) is 0 Å². The number of carbonyl (C=O) groups excluding carboxylic acids is 1. The van der Waals surface area contributed by atoms with Crippen LogP contribution in [0.3, 0.4) is 0 Å². The molecule has 79 valence electrons. The van der Waals surface area contributed by atoms with Gasteiger partial charge in [0.05, 0.1) is 0 Å². The zero-order valence-electron chi connectivity index (χ0n) is 9.19. The molecule has 2 nitrogen and oxygen atoms in total. The summed E-state index contributed by atoms with van der Waals surface area (Å²) in [6, 6.07) is 10.0. The summed E-state index contributed by atoms with van der Waals surface area (Å²) in [7, 11) is 0. The Morgan fingerprint density at radius 3 is 1.64 bits per heavy atom. The number of hydrogen-bond acceptors (Lipinski definition) is 2. The van der Waals surface area contributed by atoms with Crippen LogP contribution in [0.15, 0.2) is 33.7 Å². The van der Waals surface area contributed by atoms with Crippen LogP contribution in [-0.4, -0.2) is 11.8 Å². The van der Waals surface area contributed by atoms with Crippen molar-refractivity contribution in [2.24, 2.45) is 3.34 Å². The van der Waals surface area contributed by atoms with Gasteiger partial charge in [0, 0.05) is 0 Å². The van der Waals surface area contributed by atoms with Gasteiger partial charge in [-0.05, 0) is 0 Å². The number of hydrogen-bond donors (Lipinski definition) is 0. The minimum Gasteiger partial charge on any atom is -0.542 e. The van der Waals surface area contributed by atoms with Gasteiger partial charge in [0.2, 0.25) is 0 Å². The zero-order chi connectivity index (χ0) is 11.4. The summed E-state index contributed by atoms with van der Waals surface area (Å²) in [5.41, 5.74) is 0.189. The molecule has 0 radical (unpaired) electrons. The summed E-state index contributed by atoms with van der Waals surface area (Å²) in [5, 5.41) is 0. The van der Waals surface area contributed by atoms with Crippen molar-refractivity contribution < 1.29 is 25.7 Å². The molecule has 0 saturated carbocycles. The maximum Gasteiger partial charge on any atom is -0.165 e. The first-order valence-electron chi connectivity index (χ1n) is 4.29. The smallest absolute Gasteiger partial charge is 0.165 e. The van der Waals surface area contributed by atoms with E-state index in [4.69, 9.17) is 4.79 Å². The number of nitrogens with zero attached hydrogens (tertiary/aromatic N) is 1. The fourth-order valence-electron chi connectivity index (χ4n) is 0.321. The zero-order valence-corrected chi connectivity index (χ0v) is 11.4. The van der Waals surface area contributed by atoms with E-state index >= 15 is 0 Å². The van der Waals surface area contributed by atoms with Gasteiger partial charge >= 0.3 is 50.5 Å². The van der Waals surface area contributed by atoms with Gasteiger partial charge in [0.15, 0.2) is 0 Å². The second-order valence-corrected chi connectivity index (χ2v) is 3.93. The Labute approximate surface area is 98.9 Å². The molecule has 0 N–H and O–H groups in total. The molecule has 14 heavy (non-hydrogen) atoms. The normalized spacial score (nSPS) is 8.50. The average Bonchev–Trinajstić information content (AvgIpc) is 2.61. The minimum absolute atomic E-state index is 0.189. The van der Waals surface area contributed by atoms with E-state index in [9.17, 15) is 0 Å². The van der Waals surface area contributed by atoms with E-state index in [0.717, 1.165) is 0 Å². The van der Waals surface area contributed by atoms with Gasteiger partial charge in [0.25, 0.3) is 0 Å². The Morgan fingerprint density at radius 2 is 1.57 bits per heavy atom. The second kappa shape index (κ2) is 10.6. The Bertz CT molecular complexity index is 194. The fraction of sp³-hybridized carbons (Fsp3) is 0.455. The van der Waals surface area contributed by atoms with Crippen LogP contribution in [0.25, 0.3) is 0 Å². The van der Waals surface area contributed by atoms with Gasteiger partial charge in [0.1, 0.15) is 0 Å². The van der Waals surface area contributed by atoms with Crippen molar-refractivity contribution in [1.82, 2.24) is 0 Å². The fourth-order valence-corrected chi connectivity index (χ4v) is 0.321. The summed E-state index contributed by atoms with van der Waals surface area (Å²) in [5.74, 6) is 0. The second-order valence-electron chi connectivity index (χ2n) is 3.44. The van der Waals surface area contributed by atoms with Crippen molar-refractivity contribution in [1.29, 1.82) is 0 Å². The molecule has 0 bridgehead atoms. The molecule has 0 amide bonds. The summed E-state index contributed by atoms with van der Waals surface area (Å²) < 4.78 is 4.07. The molecule has 0 unspecified atom stereocenters. The maximum atomic E-state index is 8.68. The van der Waals surface area contributed by atoms with E-state index < -0.39 is 0 Å². The van der Waals surface area contributed by atoms with Crippen LogP contribution in [0, 0.1) is 0 Å². The third-order valence-electron chi connectivity index (χ3n) is 0.856. The van der Waals surface area contributed by atoms with Gasteiger partial charge in [-0.3, -0.25) is 6.29 Å². The third kappa shape index (κ3) is 22.6. The van der Waals surface area contributed by atoms with Crippen LogP contribution in [0.5, 0.6) is 0 Å². The molecule has 3 heteroatoms. The minimum atomic E-state index is 0.189. The molecule has 0 aromatic heterocycles. The molecule has 0 spiro atoms. The Morgan fingerprint density at radius 1 is 1.29 bits per heavy atom. The predicted molar refractivity (Wildman–Crippen MR) is 55.6 cm³/mol. The van der Waals surface area contributed by atoms with E-state index in [1.807, 2.05) is 30.3 Å². The van der Waals surface area contributed by atoms with Crippen molar-refractivity contribution in [3.05, 3.63) is 30.3 Å². The van der Waals surface area contributed by atoms with Gasteiger partial charge < -0.3 is 4.79 Å². The van der Waals surface area contributed by atoms with Gasteiger partial charge in [-0.1, -0.05) is 0 Å². The van der Waals surface area contributed by atoms with Crippen LogP contribution < -0.4 is 0 Å². The van der Waals surface area contributed by atoms with E-state index in [1.54, 1.807) is 0 Å². The predicted octanol–water partition coefficient (Wildman–Crippen LogP) is 3.04. The standard InChI is InChI=1S/C5H5.C4H9N.C2H3O.Nb/c1-2-4-5-3-1;1-4(2,3)5;1-2-3;/h1-5H;1-3H3;1H3;/q-1;;-1;. The first-order chi connectivity index (χ1) is 6.47. The summed E-state index contributed by atoms with van der Waals surface area (Å²) in [4.78, 5) is 8.68. The summed E-state index contributed by atoms with van der Waals surface area (Å²) in [6.07, 6.45) is 1.50. The molecule has 0 aliphatic heterocycles. The van der Waals surface area contributed by atoms with E-state index in [-0.39, 0.29) is 5.54 Å². The van der Waals surface area contributed by atoms with Gasteiger partial charge in [-0.15, -0.1) is 0 Å². The first kappa shape index (κ1) is 16.0. The molecular weight excluding hydrogens is 255 g/mol. The van der Waals surface area contributed by atoms with E-state index in [2.05, 4.69) is 24.1 Å². The Balaban J connectivity index is 0. The molecule has 1 rings (SSSR count). The first-order valence-corrected chi connectivity index (χ1v) is 5.28. The monoisotopic (exact) mass is 272 g/mol. The Kier molecular flexibility index (Phi) is 12.2. The summed E-state index contributed by atoms with van der Waals surface area (Å²) in [6.45, 7) is 7.59. The molecule has 0 heterocycles. The van der Waals surface area contributed by atoms with Crippen molar-refractivity contribution in [3.63, 3.8) is 0 Å². The molecule has 0 fully saturated rings. The average molecular weight is 272 g/mol. The van der Waals surface area contributed by atoms with Crippen molar-refractivity contribution in [3.8, 4) is 0 Å². The number of rotatable bonds is 0. The van der Waals surface area contributed by atoms with Crippen LogP contribution in [-0.2, 0) is 25.7 Å². The maximum absolute atomic E-state index is 8.68. The molecule has 0 saturated heterocycles. The largest absolute Gasteiger partial charge is 0.542 e. The van der Waals surface area contributed by atoms with Crippen molar-refractivity contribution >= 4 is 6.29 Å². The van der Waals surface area contributed by atoms with E-state index in [1.165, 1.54) is 34.1 Å². The topological polar surface area (TPSA) is 29.4 Å². The molecular formula is C11H17NNbO-2. The van der Waals surface area contributed by atoms with Crippen LogP contribution in [0.2, 0.25) is 0 Å². The molecule has 0 aliphatic carbocycles. The van der Waals surface area contributed by atoms with Gasteiger partial charge in [-0.2, -0.15) is 25.1 Å². The molecule has 0 aliphatic rings. The molecule has 1 aromatic carbocycles. The van der Waals surface area contributed by atoms with Gasteiger partial charge in [-0.25, -0.2) is 12.1 Å². The summed E-state index contributed by atoms with van der Waals surface area (Å²) >= 11 is 1.52. The Hall–Kier alpha value is -0.440. The van der Waals surface area contributed by atoms with Crippen molar-refractivity contribution in [2.45, 2.75) is 33.2 Å². The van der Waals surface area contributed by atoms with Crippen LogP contribution >= 0.6 is 0 Å². The molecule has 1 aromatic rings. The van der Waals surface area contributed by atoms with Crippen LogP contribution in [0.4, 0.5) is 0 Å². The third-order valence-corrected chi connectivity index (χ3v) is 2.33. The molecule has 0 atom stereocenters. The van der Waals surface area contributed by atoms with Crippen molar-refractivity contribution in [2.75, 3.05) is 0 Å².